The summed E-state index contributed by atoms with van der Waals surface area (Å²) in [5.41, 5.74) is 8.60. The van der Waals surface area contributed by atoms with Gasteiger partial charge in [0.1, 0.15) is 11.6 Å². The average Bonchev–Trinajstić information content (AvgIpc) is 3.11. The first-order valence-electron chi connectivity index (χ1n) is 9.17. The Balaban J connectivity index is 1.66. The minimum atomic E-state index is 0.284. The van der Waals surface area contributed by atoms with Crippen LogP contribution < -0.4 is 16.0 Å². The van der Waals surface area contributed by atoms with Crippen LogP contribution in [0.15, 0.2) is 24.7 Å². The molecule has 3 aromatic rings. The van der Waals surface area contributed by atoms with Gasteiger partial charge >= 0.3 is 0 Å². The molecule has 1 fully saturated rings. The number of hydrogen-bond acceptors (Lipinski definition) is 7. The molecule has 1 aliphatic rings. The molecule has 0 aliphatic carbocycles. The number of piperidine rings is 1. The molecule has 0 aromatic carbocycles. The van der Waals surface area contributed by atoms with Crippen LogP contribution in [-0.2, 0) is 13.0 Å². The topological polar surface area (TPSA) is 97.3 Å². The van der Waals surface area contributed by atoms with Crippen molar-refractivity contribution in [1.82, 2.24) is 24.6 Å². The number of aryl methyl sites for hydroxylation is 1. The number of hydrogen-bond donors (Lipinski definition) is 2. The van der Waals surface area contributed by atoms with Gasteiger partial charge in [-0.05, 0) is 25.7 Å². The van der Waals surface area contributed by atoms with Gasteiger partial charge in [0.05, 0.1) is 6.20 Å². The van der Waals surface area contributed by atoms with Crippen molar-refractivity contribution in [2.45, 2.75) is 39.2 Å². The van der Waals surface area contributed by atoms with E-state index >= 15 is 0 Å². The van der Waals surface area contributed by atoms with E-state index in [4.69, 9.17) is 10.7 Å². The molecule has 0 spiro atoms. The quantitative estimate of drug-likeness (QED) is 0.727. The van der Waals surface area contributed by atoms with E-state index < -0.39 is 0 Å². The first-order chi connectivity index (χ1) is 12.7. The summed E-state index contributed by atoms with van der Waals surface area (Å²) in [7, 11) is 0. The van der Waals surface area contributed by atoms with Crippen molar-refractivity contribution in [3.8, 4) is 0 Å². The first kappa shape index (κ1) is 16.6. The van der Waals surface area contributed by atoms with Crippen molar-refractivity contribution < 1.29 is 0 Å². The summed E-state index contributed by atoms with van der Waals surface area (Å²) in [6.07, 6.45) is 10.0. The molecule has 0 saturated carbocycles. The van der Waals surface area contributed by atoms with Crippen LogP contribution in [0.4, 0.5) is 17.6 Å². The van der Waals surface area contributed by atoms with Crippen molar-refractivity contribution >= 4 is 23.2 Å². The van der Waals surface area contributed by atoms with Crippen LogP contribution in [0, 0.1) is 0 Å². The smallest absolute Gasteiger partial charge is 0.219 e. The fourth-order valence-corrected chi connectivity index (χ4v) is 3.30. The maximum Gasteiger partial charge on any atom is 0.219 e. The Morgan fingerprint density at radius 3 is 2.62 bits per heavy atom. The van der Waals surface area contributed by atoms with Gasteiger partial charge in [0.25, 0.3) is 0 Å². The number of fused-ring (bicyclic) bond motifs is 1. The molecule has 0 unspecified atom stereocenters. The Morgan fingerprint density at radius 2 is 1.88 bits per heavy atom. The lowest BCUT2D eigenvalue weighted by Crippen LogP contribution is -2.30. The van der Waals surface area contributed by atoms with Crippen molar-refractivity contribution in [3.63, 3.8) is 0 Å². The zero-order valence-electron chi connectivity index (χ0n) is 15.0. The second-order valence-electron chi connectivity index (χ2n) is 6.61. The SMILES string of the molecule is CCc1cnn2c(NCc3cnc(N)nc3)cc(N3CCCCC3)nc12. The third-order valence-corrected chi connectivity index (χ3v) is 4.79. The van der Waals surface area contributed by atoms with Gasteiger partial charge in [-0.1, -0.05) is 6.92 Å². The lowest BCUT2D eigenvalue weighted by molar-refractivity contribution is 0.573. The molecule has 4 heterocycles. The number of anilines is 3. The molecule has 3 aromatic heterocycles. The monoisotopic (exact) mass is 352 g/mol. The van der Waals surface area contributed by atoms with E-state index in [2.05, 4.69) is 38.3 Å². The van der Waals surface area contributed by atoms with E-state index in [1.165, 1.54) is 19.3 Å². The highest BCUT2D eigenvalue weighted by Crippen LogP contribution is 2.24. The molecule has 4 rings (SSSR count). The number of rotatable bonds is 5. The average molecular weight is 352 g/mol. The summed E-state index contributed by atoms with van der Waals surface area (Å²) >= 11 is 0. The van der Waals surface area contributed by atoms with Crippen molar-refractivity contribution in [3.05, 3.63) is 35.8 Å². The van der Waals surface area contributed by atoms with Crippen molar-refractivity contribution in [2.75, 3.05) is 29.0 Å². The predicted octanol–water partition coefficient (Wildman–Crippen LogP) is 2.27. The summed E-state index contributed by atoms with van der Waals surface area (Å²) in [5, 5.41) is 7.98. The van der Waals surface area contributed by atoms with Gasteiger partial charge in [-0.2, -0.15) is 9.61 Å². The van der Waals surface area contributed by atoms with Crippen LogP contribution >= 0.6 is 0 Å². The van der Waals surface area contributed by atoms with Gasteiger partial charge in [0, 0.05) is 49.2 Å². The Labute approximate surface area is 152 Å². The van der Waals surface area contributed by atoms with Gasteiger partial charge in [-0.15, -0.1) is 0 Å². The van der Waals surface area contributed by atoms with E-state index in [1.54, 1.807) is 12.4 Å². The summed E-state index contributed by atoms with van der Waals surface area (Å²) in [4.78, 5) is 15.4. The van der Waals surface area contributed by atoms with E-state index in [0.717, 1.165) is 47.9 Å². The molecule has 1 aliphatic heterocycles. The van der Waals surface area contributed by atoms with Crippen LogP contribution in [0.5, 0.6) is 0 Å². The summed E-state index contributed by atoms with van der Waals surface area (Å²) in [6.45, 7) is 4.85. The number of nitrogens with one attached hydrogen (secondary N) is 1. The van der Waals surface area contributed by atoms with E-state index in [0.29, 0.717) is 6.54 Å². The minimum absolute atomic E-state index is 0.284. The Hall–Kier alpha value is -2.90. The molecule has 8 heteroatoms. The molecule has 0 radical (unpaired) electrons. The highest BCUT2D eigenvalue weighted by molar-refractivity contribution is 5.61. The maximum absolute atomic E-state index is 5.56. The molecule has 0 atom stereocenters. The normalized spacial score (nSPS) is 14.7. The molecule has 1 saturated heterocycles. The predicted molar refractivity (Wildman–Crippen MR) is 102 cm³/mol. The molecule has 8 nitrogen and oxygen atoms in total. The largest absolute Gasteiger partial charge is 0.368 e. The summed E-state index contributed by atoms with van der Waals surface area (Å²) in [5.74, 6) is 2.22. The number of nitrogens with zero attached hydrogens (tertiary/aromatic N) is 6. The standard InChI is InChI=1S/C18H24N8/c1-2-14-12-23-26-15(20-9-13-10-21-18(19)22-11-13)8-16(24-17(14)26)25-6-4-3-5-7-25/h8,10-12,20H,2-7,9H2,1H3,(H2,19,21,22). The van der Waals surface area contributed by atoms with Crippen LogP contribution in [0.25, 0.3) is 5.65 Å². The van der Waals surface area contributed by atoms with E-state index in [1.807, 2.05) is 10.7 Å². The molecule has 136 valence electrons. The minimum Gasteiger partial charge on any atom is -0.368 e. The van der Waals surface area contributed by atoms with Crippen molar-refractivity contribution in [1.29, 1.82) is 0 Å². The maximum atomic E-state index is 5.56. The third kappa shape index (κ3) is 3.26. The lowest BCUT2D eigenvalue weighted by Gasteiger charge is -2.28. The van der Waals surface area contributed by atoms with Gasteiger partial charge in [-0.25, -0.2) is 15.0 Å². The molecular formula is C18H24N8. The van der Waals surface area contributed by atoms with Gasteiger partial charge in [0.15, 0.2) is 5.65 Å². The molecule has 0 amide bonds. The van der Waals surface area contributed by atoms with Crippen LogP contribution in [0.1, 0.15) is 37.3 Å². The zero-order chi connectivity index (χ0) is 17.9. The van der Waals surface area contributed by atoms with Gasteiger partial charge < -0.3 is 16.0 Å². The van der Waals surface area contributed by atoms with Crippen LogP contribution in [0.2, 0.25) is 0 Å². The first-order valence-corrected chi connectivity index (χ1v) is 9.17. The van der Waals surface area contributed by atoms with Gasteiger partial charge in [-0.3, -0.25) is 0 Å². The number of nitrogen functional groups attached to an aromatic ring is 1. The highest BCUT2D eigenvalue weighted by Gasteiger charge is 2.17. The highest BCUT2D eigenvalue weighted by atomic mass is 15.3. The molecular weight excluding hydrogens is 328 g/mol. The fraction of sp³-hybridized carbons (Fsp3) is 0.444. The number of aromatic nitrogens is 5. The third-order valence-electron chi connectivity index (χ3n) is 4.79. The molecule has 0 bridgehead atoms. The zero-order valence-corrected chi connectivity index (χ0v) is 15.0. The number of nitrogens with two attached hydrogens (primary N) is 1. The van der Waals surface area contributed by atoms with E-state index in [9.17, 15) is 0 Å². The molecule has 26 heavy (non-hydrogen) atoms. The second kappa shape index (κ2) is 7.15. The summed E-state index contributed by atoms with van der Waals surface area (Å²) in [6, 6.07) is 2.09. The Bertz CT molecular complexity index is 880. The second-order valence-corrected chi connectivity index (χ2v) is 6.61. The fourth-order valence-electron chi connectivity index (χ4n) is 3.30. The van der Waals surface area contributed by atoms with Crippen LogP contribution in [-0.4, -0.2) is 37.7 Å². The van der Waals surface area contributed by atoms with E-state index in [-0.39, 0.29) is 5.95 Å². The van der Waals surface area contributed by atoms with Gasteiger partial charge in [0.2, 0.25) is 5.95 Å². The lowest BCUT2D eigenvalue weighted by atomic mass is 10.1. The Morgan fingerprint density at radius 1 is 1.12 bits per heavy atom. The van der Waals surface area contributed by atoms with Crippen LogP contribution in [0.3, 0.4) is 0 Å². The Kier molecular flexibility index (Phi) is 4.55. The molecule has 3 N–H and O–H groups in total. The summed E-state index contributed by atoms with van der Waals surface area (Å²) < 4.78 is 1.88. The van der Waals surface area contributed by atoms with Crippen molar-refractivity contribution in [2.24, 2.45) is 0 Å².